The second-order valence-electron chi connectivity index (χ2n) is 0. The molecule has 1 radical (unpaired) electrons. The molecule has 0 fully saturated rings. The summed E-state index contributed by atoms with van der Waals surface area (Å²) in [5.41, 5.74) is 5.75. The first-order chi connectivity index (χ1) is 2.00. The Hall–Kier alpha value is -0.380. The van der Waals surface area contributed by atoms with Crippen LogP contribution < -0.4 is 5.59 Å². The molecule has 0 rings (SSSR count). The summed E-state index contributed by atoms with van der Waals surface area (Å²) < 4.78 is 7.83. The van der Waals surface area contributed by atoms with E-state index in [1.165, 1.54) is 0 Å². The first kappa shape index (κ1) is 9.47. The van der Waals surface area contributed by atoms with Gasteiger partial charge in [0.1, 0.15) is 5.59 Å². The van der Waals surface area contributed by atoms with E-state index in [1.54, 1.807) is 0 Å². The fourth-order valence-electron chi connectivity index (χ4n) is 0. The molecule has 0 spiro atoms. The van der Waals surface area contributed by atoms with Crippen LogP contribution in [0.2, 0.25) is 0 Å². The van der Waals surface area contributed by atoms with Crippen molar-refractivity contribution in [2.45, 2.75) is 0 Å². The lowest BCUT2D eigenvalue weighted by Gasteiger charge is -0.734. The Morgan fingerprint density at radius 3 is 1.25 bits per heavy atom. The number of hydrogen-bond acceptors (Lipinski definition) is 3. The average molecular weight is 78.1 g/mol. The van der Waals surface area contributed by atoms with Gasteiger partial charge in [-0.05, 0) is 0 Å². The van der Waals surface area contributed by atoms with Crippen LogP contribution >= 0.6 is 0 Å². The summed E-state index contributed by atoms with van der Waals surface area (Å²) in [5, 5.41) is 0. The maximum Gasteiger partial charge on any atom is 0.197 e. The van der Waals surface area contributed by atoms with E-state index in [4.69, 9.17) is 14.7 Å². The Balaban J connectivity index is 0. The molecule has 0 unspecified atom stereocenters. The van der Waals surface area contributed by atoms with E-state index < -0.39 is 0 Å². The van der Waals surface area contributed by atoms with Crippen molar-refractivity contribution in [3.8, 4) is 0 Å². The zero-order chi connectivity index (χ0) is 4.00. The standard InChI is InChI=1S/NO.OS/c2*1-2. The molecule has 0 bridgehead atoms. The third-order valence-corrected chi connectivity index (χ3v) is 0. The van der Waals surface area contributed by atoms with E-state index in [9.17, 15) is 0 Å². The largest absolute Gasteiger partial charge is 0.197 e. The third-order valence-electron chi connectivity index (χ3n) is 0. The molecule has 0 N–H and O–H groups in total. The predicted octanol–water partition coefficient (Wildman–Crippen LogP) is -0.783. The quantitative estimate of drug-likeness (QED) is 0.381. The van der Waals surface area contributed by atoms with E-state index in [0.29, 0.717) is 0 Å². The van der Waals surface area contributed by atoms with Crippen molar-refractivity contribution in [1.82, 2.24) is 5.59 Å². The molecule has 0 amide bonds. The minimum Gasteiger partial charge on any atom is -0.197 e. The minimum atomic E-state index is 2.83. The van der Waals surface area contributed by atoms with Crippen LogP contribution in [0.3, 0.4) is 0 Å². The molecule has 4 heavy (non-hydrogen) atoms. The van der Waals surface area contributed by atoms with E-state index in [2.05, 4.69) is 12.5 Å². The molecule has 0 aromatic rings. The van der Waals surface area contributed by atoms with Crippen LogP contribution in [0.1, 0.15) is 0 Å². The van der Waals surface area contributed by atoms with Crippen LogP contribution in [0.15, 0.2) is 0 Å². The molecular formula is NO2S. The van der Waals surface area contributed by atoms with Gasteiger partial charge in [-0.3, -0.25) is 0 Å². The van der Waals surface area contributed by atoms with Crippen molar-refractivity contribution < 1.29 is 4.21 Å². The van der Waals surface area contributed by atoms with Gasteiger partial charge in [0.15, 0.2) is 12.5 Å². The van der Waals surface area contributed by atoms with Crippen LogP contribution in [0.4, 0.5) is 0 Å². The Kier molecular flexibility index (Phi) is 113. The Labute approximate surface area is 28.3 Å². The minimum absolute atomic E-state index is 2.83. The molecule has 3 nitrogen and oxygen atoms in total. The first-order valence-electron chi connectivity index (χ1n) is 0.349. The Morgan fingerprint density at radius 1 is 1.25 bits per heavy atom. The Bertz CT molecular complexity index is 8.00. The highest BCUT2D eigenvalue weighted by atomic mass is 32.1. The van der Waals surface area contributed by atoms with E-state index >= 15 is 0 Å². The molecule has 4 heteroatoms. The van der Waals surface area contributed by atoms with Crippen LogP contribution in [-0.4, -0.2) is 4.21 Å². The summed E-state index contributed by atoms with van der Waals surface area (Å²) in [7, 11) is 0. The van der Waals surface area contributed by atoms with Gasteiger partial charge >= 0.3 is 0 Å². The molecule has 0 aromatic heterocycles. The fourth-order valence-corrected chi connectivity index (χ4v) is 0. The average Bonchev–Trinajstić information content (AvgIpc) is 1.50. The van der Waals surface area contributed by atoms with Gasteiger partial charge in [0.2, 0.25) is 0 Å². The number of rotatable bonds is 0. The summed E-state index contributed by atoms with van der Waals surface area (Å²) in [5.74, 6) is 0. The lowest BCUT2D eigenvalue weighted by atomic mass is 13.8. The highest BCUT2D eigenvalue weighted by Crippen LogP contribution is 0.558. The van der Waals surface area contributed by atoms with Crippen molar-refractivity contribution in [1.29, 1.82) is 0 Å². The van der Waals surface area contributed by atoms with Crippen molar-refractivity contribution in [2.75, 3.05) is 0 Å². The summed E-state index contributed by atoms with van der Waals surface area (Å²) in [6, 6.07) is 0. The topological polar surface area (TPSA) is 56.4 Å². The molecule has 0 atom stereocenters. The summed E-state index contributed by atoms with van der Waals surface area (Å²) in [4.78, 5) is 7.25. The van der Waals surface area contributed by atoms with Crippen LogP contribution in [-0.2, 0) is 12.5 Å². The molecular weight excluding hydrogens is 78.1 g/mol. The molecule has 0 aliphatic carbocycles. The summed E-state index contributed by atoms with van der Waals surface area (Å²) in [6.45, 7) is 0. The van der Waals surface area contributed by atoms with E-state index in [-0.39, 0.29) is 0 Å². The van der Waals surface area contributed by atoms with E-state index in [1.807, 2.05) is 0 Å². The highest BCUT2D eigenvalue weighted by Gasteiger charge is 0.734. The number of nitrogens with zero attached hydrogens (tertiary/aromatic N) is 1. The van der Waals surface area contributed by atoms with Crippen LogP contribution in [0.25, 0.3) is 0 Å². The van der Waals surface area contributed by atoms with E-state index in [0.717, 1.165) is 0 Å². The molecule has 0 aliphatic rings. The predicted molar refractivity (Wildman–Crippen MR) is 13.6 cm³/mol. The van der Waals surface area contributed by atoms with Gasteiger partial charge in [-0.1, -0.05) is 0 Å². The molecule has 0 aliphatic heterocycles. The zero-order valence-electron chi connectivity index (χ0n) is 1.67. The SMILES string of the molecule is O=S.[N]=O. The Morgan fingerprint density at radius 2 is 1.25 bits per heavy atom. The zero-order valence-corrected chi connectivity index (χ0v) is 2.49. The monoisotopic (exact) mass is 78.0 g/mol. The fraction of sp³-hybridized carbons (Fsp3) is 0. The lowest BCUT2D eigenvalue weighted by molar-refractivity contribution is 0.702. The maximum atomic E-state index is 7.83. The summed E-state index contributed by atoms with van der Waals surface area (Å²) in [6.07, 6.45) is 0. The summed E-state index contributed by atoms with van der Waals surface area (Å²) >= 11 is 2.83. The first-order valence-corrected chi connectivity index (χ1v) is 0.683. The van der Waals surface area contributed by atoms with Crippen LogP contribution in [0.5, 0.6) is 0 Å². The highest BCUT2D eigenvalue weighted by molar-refractivity contribution is 7.44. The molecule has 0 saturated carbocycles. The smallest absolute Gasteiger partial charge is 0.197 e. The third kappa shape index (κ3) is 4.31. The van der Waals surface area contributed by atoms with Gasteiger partial charge < -0.3 is 0 Å². The van der Waals surface area contributed by atoms with Gasteiger partial charge in [0.25, 0.3) is 0 Å². The van der Waals surface area contributed by atoms with Crippen molar-refractivity contribution >= 4 is 12.5 Å². The molecule has 0 saturated heterocycles. The van der Waals surface area contributed by atoms with Gasteiger partial charge in [-0.25, -0.2) is 0 Å². The van der Waals surface area contributed by atoms with Crippen molar-refractivity contribution in [3.05, 3.63) is 4.91 Å². The normalized spacial score (nSPS) is 2.00. The second kappa shape index (κ2) is 47.6. The molecule has 0 aromatic carbocycles. The van der Waals surface area contributed by atoms with Crippen LogP contribution in [0, 0.1) is 4.91 Å². The van der Waals surface area contributed by atoms with Gasteiger partial charge in [0, 0.05) is 0 Å². The van der Waals surface area contributed by atoms with Gasteiger partial charge in [-0.2, -0.15) is 4.21 Å². The molecule has 0 heterocycles. The maximum absolute atomic E-state index is 7.83. The second-order valence-corrected chi connectivity index (χ2v) is 0. The van der Waals surface area contributed by atoms with Gasteiger partial charge in [-0.15, -0.1) is 4.91 Å². The van der Waals surface area contributed by atoms with Crippen molar-refractivity contribution in [2.24, 2.45) is 0 Å². The lowest BCUT2D eigenvalue weighted by Crippen LogP contribution is -0.976. The molecule has 23 valence electrons. The van der Waals surface area contributed by atoms with Crippen molar-refractivity contribution in [3.63, 3.8) is 0 Å². The number of nitroso groups, excluding NO2 is 1. The van der Waals surface area contributed by atoms with Gasteiger partial charge in [0.05, 0.1) is 0 Å². The number of hydrogen-bond donors (Lipinski definition) is 0.